The zero-order valence-electron chi connectivity index (χ0n) is 15.4. The van der Waals surface area contributed by atoms with Crippen LogP contribution in [0.2, 0.25) is 0 Å². The van der Waals surface area contributed by atoms with E-state index >= 15 is 0 Å². The van der Waals surface area contributed by atoms with Crippen LogP contribution in [0.25, 0.3) is 0 Å². The molecule has 0 unspecified atom stereocenters. The Morgan fingerprint density at radius 1 is 1.00 bits per heavy atom. The van der Waals surface area contributed by atoms with Crippen molar-refractivity contribution in [3.05, 3.63) is 65.7 Å². The van der Waals surface area contributed by atoms with Crippen molar-refractivity contribution in [2.24, 2.45) is 0 Å². The van der Waals surface area contributed by atoms with E-state index in [-0.39, 0.29) is 18.0 Å². The first-order valence-electron chi connectivity index (χ1n) is 8.61. The molecule has 0 bridgehead atoms. The second-order valence-electron chi connectivity index (χ2n) is 6.38. The topological polar surface area (TPSA) is 38.8 Å². The SMILES string of the molecule is COc1ccc(COC[C@H](C)N(C(=O)c2ccccc2)C(C)C)cc1. The lowest BCUT2D eigenvalue weighted by Crippen LogP contribution is -2.45. The molecule has 0 radical (unpaired) electrons. The quantitative estimate of drug-likeness (QED) is 0.724. The van der Waals surface area contributed by atoms with Gasteiger partial charge in [0.2, 0.25) is 0 Å². The lowest BCUT2D eigenvalue weighted by Gasteiger charge is -2.33. The highest BCUT2D eigenvalue weighted by atomic mass is 16.5. The second kappa shape index (κ2) is 9.23. The molecule has 2 aromatic rings. The largest absolute Gasteiger partial charge is 0.497 e. The van der Waals surface area contributed by atoms with Crippen molar-refractivity contribution < 1.29 is 14.3 Å². The van der Waals surface area contributed by atoms with Crippen molar-refractivity contribution in [2.45, 2.75) is 39.5 Å². The predicted molar refractivity (Wildman–Crippen MR) is 99.9 cm³/mol. The summed E-state index contributed by atoms with van der Waals surface area (Å²) in [6, 6.07) is 17.3. The fourth-order valence-electron chi connectivity index (χ4n) is 2.82. The number of hydrogen-bond donors (Lipinski definition) is 0. The zero-order valence-corrected chi connectivity index (χ0v) is 15.4. The predicted octanol–water partition coefficient (Wildman–Crippen LogP) is 4.15. The normalized spacial score (nSPS) is 12.0. The average Bonchev–Trinajstić information content (AvgIpc) is 2.63. The maximum Gasteiger partial charge on any atom is 0.254 e. The Hall–Kier alpha value is -2.33. The van der Waals surface area contributed by atoms with E-state index in [0.717, 1.165) is 11.3 Å². The Morgan fingerprint density at radius 3 is 2.20 bits per heavy atom. The molecule has 0 aromatic heterocycles. The van der Waals surface area contributed by atoms with Crippen LogP contribution in [0.5, 0.6) is 5.75 Å². The minimum absolute atomic E-state index is 0.00838. The van der Waals surface area contributed by atoms with Crippen molar-refractivity contribution in [1.29, 1.82) is 0 Å². The molecule has 2 rings (SSSR count). The van der Waals surface area contributed by atoms with E-state index < -0.39 is 0 Å². The number of amides is 1. The monoisotopic (exact) mass is 341 g/mol. The maximum atomic E-state index is 12.8. The van der Waals surface area contributed by atoms with Gasteiger partial charge in [0.15, 0.2) is 0 Å². The van der Waals surface area contributed by atoms with Crippen molar-refractivity contribution in [3.63, 3.8) is 0 Å². The average molecular weight is 341 g/mol. The van der Waals surface area contributed by atoms with Gasteiger partial charge in [-0.15, -0.1) is 0 Å². The molecular formula is C21H27NO3. The van der Waals surface area contributed by atoms with Gasteiger partial charge in [-0.3, -0.25) is 4.79 Å². The van der Waals surface area contributed by atoms with Crippen LogP contribution in [0.4, 0.5) is 0 Å². The van der Waals surface area contributed by atoms with Crippen molar-refractivity contribution >= 4 is 5.91 Å². The highest BCUT2D eigenvalue weighted by molar-refractivity contribution is 5.94. The summed E-state index contributed by atoms with van der Waals surface area (Å²) in [4.78, 5) is 14.7. The van der Waals surface area contributed by atoms with Gasteiger partial charge in [0.25, 0.3) is 5.91 Å². The van der Waals surface area contributed by atoms with Gasteiger partial charge in [0.1, 0.15) is 5.75 Å². The maximum absolute atomic E-state index is 12.8. The van der Waals surface area contributed by atoms with Gasteiger partial charge >= 0.3 is 0 Å². The number of methoxy groups -OCH3 is 1. The summed E-state index contributed by atoms with van der Waals surface area (Å²) in [5.74, 6) is 0.868. The van der Waals surface area contributed by atoms with Gasteiger partial charge in [-0.2, -0.15) is 0 Å². The summed E-state index contributed by atoms with van der Waals surface area (Å²) in [7, 11) is 1.65. The van der Waals surface area contributed by atoms with Gasteiger partial charge in [-0.1, -0.05) is 30.3 Å². The van der Waals surface area contributed by atoms with E-state index in [1.54, 1.807) is 7.11 Å². The number of carbonyl (C=O) groups excluding carboxylic acids is 1. The van der Waals surface area contributed by atoms with Crippen LogP contribution in [-0.2, 0) is 11.3 Å². The molecule has 0 heterocycles. The van der Waals surface area contributed by atoms with E-state index in [0.29, 0.717) is 18.8 Å². The molecule has 25 heavy (non-hydrogen) atoms. The third-order valence-corrected chi connectivity index (χ3v) is 4.07. The van der Waals surface area contributed by atoms with E-state index in [1.807, 2.05) is 80.3 Å². The molecule has 1 amide bonds. The fraction of sp³-hybridized carbons (Fsp3) is 0.381. The number of carbonyl (C=O) groups is 1. The van der Waals surface area contributed by atoms with Crippen LogP contribution in [0, 0.1) is 0 Å². The van der Waals surface area contributed by atoms with Gasteiger partial charge in [-0.05, 0) is 50.6 Å². The van der Waals surface area contributed by atoms with Crippen LogP contribution in [0.15, 0.2) is 54.6 Å². The summed E-state index contributed by atoms with van der Waals surface area (Å²) in [5.41, 5.74) is 1.79. The van der Waals surface area contributed by atoms with Crippen LogP contribution in [0.1, 0.15) is 36.7 Å². The fourth-order valence-corrected chi connectivity index (χ4v) is 2.82. The van der Waals surface area contributed by atoms with Crippen molar-refractivity contribution in [3.8, 4) is 5.75 Å². The molecule has 0 fully saturated rings. The van der Waals surface area contributed by atoms with Crippen LogP contribution in [-0.4, -0.2) is 36.6 Å². The highest BCUT2D eigenvalue weighted by Crippen LogP contribution is 2.15. The molecule has 0 aliphatic carbocycles. The smallest absolute Gasteiger partial charge is 0.254 e. The number of ether oxygens (including phenoxy) is 2. The highest BCUT2D eigenvalue weighted by Gasteiger charge is 2.24. The standard InChI is InChI=1S/C21H27NO3/c1-16(2)22(21(23)19-8-6-5-7-9-19)17(3)14-25-15-18-10-12-20(24-4)13-11-18/h5-13,16-17H,14-15H2,1-4H3/t17-/m0/s1. The Morgan fingerprint density at radius 2 is 1.64 bits per heavy atom. The minimum Gasteiger partial charge on any atom is -0.497 e. The molecule has 134 valence electrons. The number of nitrogens with zero attached hydrogens (tertiary/aromatic N) is 1. The van der Waals surface area contributed by atoms with Crippen molar-refractivity contribution in [1.82, 2.24) is 4.90 Å². The molecule has 0 N–H and O–H groups in total. The Bertz CT molecular complexity index is 653. The summed E-state index contributed by atoms with van der Waals surface area (Å²) in [6.45, 7) is 7.08. The number of benzene rings is 2. The van der Waals surface area contributed by atoms with Gasteiger partial charge in [-0.25, -0.2) is 0 Å². The molecular weight excluding hydrogens is 314 g/mol. The summed E-state index contributed by atoms with van der Waals surface area (Å²) in [6.07, 6.45) is 0. The molecule has 0 saturated carbocycles. The molecule has 2 aromatic carbocycles. The minimum atomic E-state index is -0.00838. The van der Waals surface area contributed by atoms with Gasteiger partial charge in [0, 0.05) is 11.6 Å². The molecule has 0 saturated heterocycles. The van der Waals surface area contributed by atoms with E-state index in [4.69, 9.17) is 9.47 Å². The molecule has 1 atom stereocenters. The van der Waals surface area contributed by atoms with Crippen LogP contribution >= 0.6 is 0 Å². The summed E-state index contributed by atoms with van der Waals surface area (Å²) in [5, 5.41) is 0. The van der Waals surface area contributed by atoms with Crippen LogP contribution < -0.4 is 4.74 Å². The van der Waals surface area contributed by atoms with Gasteiger partial charge in [0.05, 0.1) is 26.4 Å². The lowest BCUT2D eigenvalue weighted by atomic mass is 10.1. The lowest BCUT2D eigenvalue weighted by molar-refractivity contribution is 0.0340. The van der Waals surface area contributed by atoms with E-state index in [1.165, 1.54) is 0 Å². The molecule has 0 spiro atoms. The van der Waals surface area contributed by atoms with Crippen LogP contribution in [0.3, 0.4) is 0 Å². The Balaban J connectivity index is 1.93. The Kier molecular flexibility index (Phi) is 7.02. The third-order valence-electron chi connectivity index (χ3n) is 4.07. The van der Waals surface area contributed by atoms with E-state index in [2.05, 4.69) is 0 Å². The van der Waals surface area contributed by atoms with E-state index in [9.17, 15) is 4.79 Å². The number of hydrogen-bond acceptors (Lipinski definition) is 3. The third kappa shape index (κ3) is 5.33. The molecule has 0 aliphatic rings. The molecule has 0 aliphatic heterocycles. The molecule has 4 heteroatoms. The first kappa shape index (κ1) is 19.0. The molecule has 4 nitrogen and oxygen atoms in total. The zero-order chi connectivity index (χ0) is 18.2. The van der Waals surface area contributed by atoms with Gasteiger partial charge < -0.3 is 14.4 Å². The Labute approximate surface area is 150 Å². The summed E-state index contributed by atoms with van der Waals surface area (Å²) >= 11 is 0. The second-order valence-corrected chi connectivity index (χ2v) is 6.38. The first-order valence-corrected chi connectivity index (χ1v) is 8.61. The summed E-state index contributed by atoms with van der Waals surface area (Å²) < 4.78 is 11.0. The number of rotatable bonds is 8. The first-order chi connectivity index (χ1) is 12.0. The van der Waals surface area contributed by atoms with Crippen molar-refractivity contribution in [2.75, 3.05) is 13.7 Å².